The molecule has 1 amide bonds. The van der Waals surface area contributed by atoms with Crippen molar-refractivity contribution in [3.63, 3.8) is 0 Å². The number of likely N-dealkylation sites (tertiary alicyclic amines) is 1. The molecule has 0 N–H and O–H groups in total. The van der Waals surface area contributed by atoms with E-state index < -0.39 is 0 Å². The topological polar surface area (TPSA) is 40.6 Å². The molecule has 0 aliphatic carbocycles. The fourth-order valence-corrected chi connectivity index (χ4v) is 4.46. The van der Waals surface area contributed by atoms with Crippen molar-refractivity contribution in [1.29, 1.82) is 0 Å². The van der Waals surface area contributed by atoms with Crippen molar-refractivity contribution in [2.75, 3.05) is 34.2 Å². The molecule has 0 saturated carbocycles. The van der Waals surface area contributed by atoms with Crippen molar-refractivity contribution < 1.29 is 9.59 Å². The fourth-order valence-electron chi connectivity index (χ4n) is 4.18. The molecule has 0 spiro atoms. The van der Waals surface area contributed by atoms with Gasteiger partial charge in [0.2, 0.25) is 0 Å². The van der Waals surface area contributed by atoms with Crippen LogP contribution >= 0.6 is 11.6 Å². The van der Waals surface area contributed by atoms with Crippen molar-refractivity contribution in [3.8, 4) is 0 Å². The third-order valence-electron chi connectivity index (χ3n) is 6.65. The van der Waals surface area contributed by atoms with Gasteiger partial charge < -0.3 is 14.6 Å². The Morgan fingerprint density at radius 3 is 2.29 bits per heavy atom. The van der Waals surface area contributed by atoms with Crippen LogP contribution in [-0.2, 0) is 16.6 Å². The summed E-state index contributed by atoms with van der Waals surface area (Å²) in [6, 6.07) is 15.6. The number of benzene rings is 2. The zero-order valence-corrected chi connectivity index (χ0v) is 22.3. The Bertz CT molecular complexity index is 904. The van der Waals surface area contributed by atoms with E-state index in [0.29, 0.717) is 10.6 Å². The zero-order valence-electron chi connectivity index (χ0n) is 21.5. The van der Waals surface area contributed by atoms with Gasteiger partial charge in [0.15, 0.2) is 0 Å². The SMILES string of the molecule is CC(C)(C=O)c1ccccc1.CN1CCC(CCCCc2ccc(C(=O)N(C)C)c(Cl)c2)CC1. The molecular formula is C29H41ClN2O2. The fraction of sp³-hybridized carbons (Fsp3) is 0.517. The molecule has 5 heteroatoms. The van der Waals surface area contributed by atoms with Gasteiger partial charge in [-0.3, -0.25) is 4.79 Å². The quantitative estimate of drug-likeness (QED) is 0.328. The van der Waals surface area contributed by atoms with Crippen molar-refractivity contribution >= 4 is 23.8 Å². The van der Waals surface area contributed by atoms with Crippen molar-refractivity contribution in [3.05, 3.63) is 70.2 Å². The standard InChI is InChI=1S/C19H29ClN2O.C10H12O/c1-21(2)19(23)17-9-8-16(14-18(17)20)7-5-4-6-15-10-12-22(3)13-11-15;1-10(2,8-11)9-6-4-3-5-7-9/h8-9,14-15H,4-7,10-13H2,1-3H3;3-8H,1-2H3. The van der Waals surface area contributed by atoms with Crippen LogP contribution in [0.4, 0.5) is 0 Å². The van der Waals surface area contributed by atoms with E-state index in [1.807, 2.05) is 62.4 Å². The molecule has 0 radical (unpaired) electrons. The Labute approximate surface area is 211 Å². The van der Waals surface area contributed by atoms with Gasteiger partial charge in [-0.15, -0.1) is 0 Å². The summed E-state index contributed by atoms with van der Waals surface area (Å²) >= 11 is 6.26. The number of hydrogen-bond acceptors (Lipinski definition) is 3. The van der Waals surface area contributed by atoms with Gasteiger partial charge in [-0.2, -0.15) is 0 Å². The minimum Gasteiger partial charge on any atom is -0.345 e. The highest BCUT2D eigenvalue weighted by atomic mass is 35.5. The first-order valence-electron chi connectivity index (χ1n) is 12.3. The van der Waals surface area contributed by atoms with Gasteiger partial charge in [-0.05, 0) is 88.8 Å². The second-order valence-electron chi connectivity index (χ2n) is 10.2. The van der Waals surface area contributed by atoms with E-state index >= 15 is 0 Å². The average Bonchev–Trinajstić information content (AvgIpc) is 2.83. The molecule has 2 aromatic rings. The number of carbonyl (C=O) groups is 2. The minimum absolute atomic E-state index is 0.0381. The van der Waals surface area contributed by atoms with E-state index in [9.17, 15) is 9.59 Å². The van der Waals surface area contributed by atoms with Gasteiger partial charge in [-0.25, -0.2) is 0 Å². The molecule has 34 heavy (non-hydrogen) atoms. The maximum absolute atomic E-state index is 12.0. The maximum atomic E-state index is 12.0. The van der Waals surface area contributed by atoms with Crippen molar-refractivity contribution in [2.45, 2.75) is 57.8 Å². The van der Waals surface area contributed by atoms with Crippen LogP contribution < -0.4 is 0 Å². The molecule has 2 aromatic carbocycles. The van der Waals surface area contributed by atoms with E-state index in [2.05, 4.69) is 11.9 Å². The number of rotatable bonds is 8. The largest absolute Gasteiger partial charge is 0.345 e. The lowest BCUT2D eigenvalue weighted by molar-refractivity contribution is -0.111. The molecule has 4 nitrogen and oxygen atoms in total. The molecule has 1 heterocycles. The van der Waals surface area contributed by atoms with Gasteiger partial charge >= 0.3 is 0 Å². The lowest BCUT2D eigenvalue weighted by Crippen LogP contribution is -2.30. The highest BCUT2D eigenvalue weighted by Crippen LogP contribution is 2.24. The lowest BCUT2D eigenvalue weighted by Gasteiger charge is -2.28. The number of aryl methyl sites for hydroxylation is 1. The molecule has 3 rings (SSSR count). The van der Waals surface area contributed by atoms with Crippen LogP contribution in [0.5, 0.6) is 0 Å². The average molecular weight is 485 g/mol. The molecule has 0 aromatic heterocycles. The number of nitrogens with zero attached hydrogens (tertiary/aromatic N) is 2. The minimum atomic E-state index is -0.346. The summed E-state index contributed by atoms with van der Waals surface area (Å²) in [6.07, 6.45) is 8.55. The van der Waals surface area contributed by atoms with E-state index in [4.69, 9.17) is 11.6 Å². The molecule has 1 saturated heterocycles. The molecule has 0 unspecified atom stereocenters. The zero-order chi connectivity index (χ0) is 25.1. The third kappa shape index (κ3) is 8.88. The highest BCUT2D eigenvalue weighted by molar-refractivity contribution is 6.33. The monoisotopic (exact) mass is 484 g/mol. The number of halogens is 1. The molecule has 186 valence electrons. The molecule has 0 atom stereocenters. The first-order valence-corrected chi connectivity index (χ1v) is 12.7. The Morgan fingerprint density at radius 2 is 1.74 bits per heavy atom. The Kier molecular flexibility index (Phi) is 11.3. The van der Waals surface area contributed by atoms with Crippen LogP contribution in [-0.4, -0.2) is 56.2 Å². The number of aldehydes is 1. The van der Waals surface area contributed by atoms with Crippen molar-refractivity contribution in [1.82, 2.24) is 9.80 Å². The van der Waals surface area contributed by atoms with Gasteiger partial charge in [0, 0.05) is 19.5 Å². The normalized spacial score (nSPS) is 14.8. The summed E-state index contributed by atoms with van der Waals surface area (Å²) in [5, 5.41) is 0.566. The summed E-state index contributed by atoms with van der Waals surface area (Å²) in [5.41, 5.74) is 2.54. The van der Waals surface area contributed by atoms with E-state index in [1.165, 1.54) is 50.8 Å². The summed E-state index contributed by atoms with van der Waals surface area (Å²) < 4.78 is 0. The van der Waals surface area contributed by atoms with E-state index in [-0.39, 0.29) is 11.3 Å². The van der Waals surface area contributed by atoms with Gasteiger partial charge in [-0.1, -0.05) is 60.8 Å². The van der Waals surface area contributed by atoms with E-state index in [1.54, 1.807) is 19.0 Å². The summed E-state index contributed by atoms with van der Waals surface area (Å²) in [5.74, 6) is 0.874. The predicted molar refractivity (Wildman–Crippen MR) is 143 cm³/mol. The number of amides is 1. The first-order chi connectivity index (χ1) is 16.1. The van der Waals surface area contributed by atoms with Gasteiger partial charge in [0.05, 0.1) is 10.6 Å². The molecule has 1 fully saturated rings. The van der Waals surface area contributed by atoms with Crippen LogP contribution in [0.15, 0.2) is 48.5 Å². The second kappa shape index (κ2) is 13.7. The summed E-state index contributed by atoms with van der Waals surface area (Å²) in [7, 11) is 5.70. The summed E-state index contributed by atoms with van der Waals surface area (Å²) in [4.78, 5) is 26.6. The van der Waals surface area contributed by atoms with Crippen LogP contribution in [0.25, 0.3) is 0 Å². The third-order valence-corrected chi connectivity index (χ3v) is 6.96. The van der Waals surface area contributed by atoms with Crippen molar-refractivity contribution in [2.24, 2.45) is 5.92 Å². The smallest absolute Gasteiger partial charge is 0.254 e. The summed E-state index contributed by atoms with van der Waals surface area (Å²) in [6.45, 7) is 6.33. The Hall–Kier alpha value is -2.17. The lowest BCUT2D eigenvalue weighted by atomic mass is 9.87. The number of carbonyl (C=O) groups excluding carboxylic acids is 2. The van der Waals surface area contributed by atoms with Gasteiger partial charge in [0.25, 0.3) is 5.91 Å². The predicted octanol–water partition coefficient (Wildman–Crippen LogP) is 6.26. The van der Waals surface area contributed by atoms with Crippen LogP contribution in [0.2, 0.25) is 5.02 Å². The molecular weight excluding hydrogens is 444 g/mol. The molecule has 1 aliphatic heterocycles. The second-order valence-corrected chi connectivity index (χ2v) is 10.6. The molecule has 1 aliphatic rings. The van der Waals surface area contributed by atoms with Crippen LogP contribution in [0.1, 0.15) is 67.4 Å². The van der Waals surface area contributed by atoms with Crippen LogP contribution in [0.3, 0.4) is 0 Å². The van der Waals surface area contributed by atoms with E-state index in [0.717, 1.165) is 24.2 Å². The van der Waals surface area contributed by atoms with Crippen LogP contribution in [0, 0.1) is 5.92 Å². The Morgan fingerprint density at radius 1 is 1.09 bits per heavy atom. The number of hydrogen-bond donors (Lipinski definition) is 0. The number of piperidine rings is 1. The first kappa shape index (κ1) is 28.1. The van der Waals surface area contributed by atoms with Gasteiger partial charge in [0.1, 0.15) is 6.29 Å². The molecule has 0 bridgehead atoms. The number of unbranched alkanes of at least 4 members (excludes halogenated alkanes) is 1. The Balaban J connectivity index is 0.000000310. The maximum Gasteiger partial charge on any atom is 0.254 e. The highest BCUT2D eigenvalue weighted by Gasteiger charge is 2.18.